The second-order valence-corrected chi connectivity index (χ2v) is 5.87. The first-order valence-electron chi connectivity index (χ1n) is 7.07. The maximum Gasteiger partial charge on any atom is 0.232 e. The smallest absolute Gasteiger partial charge is 0.232 e. The van der Waals surface area contributed by atoms with Gasteiger partial charge in [-0.25, -0.2) is 0 Å². The number of nitrogens with zero attached hydrogens (tertiary/aromatic N) is 1. The Kier molecular flexibility index (Phi) is 6.06. The minimum absolute atomic E-state index is 0.102. The molecule has 1 atom stereocenters. The van der Waals surface area contributed by atoms with Gasteiger partial charge in [0.2, 0.25) is 5.91 Å². The van der Waals surface area contributed by atoms with Crippen molar-refractivity contribution in [2.75, 3.05) is 7.05 Å². The van der Waals surface area contributed by atoms with Crippen molar-refractivity contribution in [1.29, 1.82) is 0 Å². The van der Waals surface area contributed by atoms with Gasteiger partial charge in [-0.05, 0) is 38.0 Å². The number of thiocarbonyl (C=S) groups is 1. The predicted octanol–water partition coefficient (Wildman–Crippen LogP) is 2.73. The first-order chi connectivity index (χ1) is 8.51. The highest BCUT2D eigenvalue weighted by Crippen LogP contribution is 2.29. The van der Waals surface area contributed by atoms with Crippen LogP contribution in [0.4, 0.5) is 0 Å². The molecular weight excluding hydrogens is 244 g/mol. The zero-order valence-electron chi connectivity index (χ0n) is 11.8. The van der Waals surface area contributed by atoms with Crippen molar-refractivity contribution < 1.29 is 4.79 Å². The van der Waals surface area contributed by atoms with Crippen LogP contribution in [0.3, 0.4) is 0 Å². The van der Waals surface area contributed by atoms with E-state index in [1.807, 2.05) is 18.9 Å². The fourth-order valence-electron chi connectivity index (χ4n) is 2.86. The summed E-state index contributed by atoms with van der Waals surface area (Å²) in [7, 11) is 1.90. The predicted molar refractivity (Wildman–Crippen MR) is 79.4 cm³/mol. The minimum atomic E-state index is -0.283. The van der Waals surface area contributed by atoms with Crippen LogP contribution in [-0.4, -0.2) is 28.9 Å². The molecule has 1 fully saturated rings. The number of carbonyl (C=O) groups is 1. The van der Waals surface area contributed by atoms with Gasteiger partial charge in [0.05, 0.1) is 10.9 Å². The second-order valence-electron chi connectivity index (χ2n) is 5.40. The first kappa shape index (κ1) is 15.4. The number of hydrogen-bond acceptors (Lipinski definition) is 2. The van der Waals surface area contributed by atoms with Crippen molar-refractivity contribution in [3.63, 3.8) is 0 Å². The summed E-state index contributed by atoms with van der Waals surface area (Å²) in [5.41, 5.74) is 5.64. The molecule has 1 amide bonds. The maximum atomic E-state index is 12.3. The van der Waals surface area contributed by atoms with Crippen molar-refractivity contribution in [3.8, 4) is 0 Å². The zero-order valence-corrected chi connectivity index (χ0v) is 12.6. The molecule has 1 saturated carbocycles. The third-order valence-electron chi connectivity index (χ3n) is 4.34. The SMILES string of the molecule is CCC1CCC(N(C)C(=O)C(CC)C(N)=S)CC1. The van der Waals surface area contributed by atoms with Gasteiger partial charge in [0.25, 0.3) is 0 Å². The van der Waals surface area contributed by atoms with Crippen molar-refractivity contribution in [2.24, 2.45) is 17.6 Å². The molecule has 0 aromatic rings. The molecule has 0 saturated heterocycles. The van der Waals surface area contributed by atoms with E-state index in [1.165, 1.54) is 19.3 Å². The summed E-state index contributed by atoms with van der Waals surface area (Å²) >= 11 is 4.98. The number of nitrogens with two attached hydrogens (primary N) is 1. The van der Waals surface area contributed by atoms with Crippen molar-refractivity contribution >= 4 is 23.1 Å². The van der Waals surface area contributed by atoms with Gasteiger partial charge in [0, 0.05) is 13.1 Å². The van der Waals surface area contributed by atoms with Crippen LogP contribution in [0.15, 0.2) is 0 Å². The van der Waals surface area contributed by atoms with Crippen LogP contribution in [0.2, 0.25) is 0 Å². The van der Waals surface area contributed by atoms with E-state index in [9.17, 15) is 4.79 Å². The van der Waals surface area contributed by atoms with Crippen LogP contribution in [0.5, 0.6) is 0 Å². The number of carbonyl (C=O) groups excluding carboxylic acids is 1. The highest BCUT2D eigenvalue weighted by molar-refractivity contribution is 7.80. The van der Waals surface area contributed by atoms with Gasteiger partial charge >= 0.3 is 0 Å². The molecule has 0 aliphatic heterocycles. The van der Waals surface area contributed by atoms with Crippen LogP contribution in [-0.2, 0) is 4.79 Å². The lowest BCUT2D eigenvalue weighted by atomic mass is 9.83. The fourth-order valence-corrected chi connectivity index (χ4v) is 3.13. The first-order valence-corrected chi connectivity index (χ1v) is 7.48. The van der Waals surface area contributed by atoms with E-state index >= 15 is 0 Å². The molecule has 1 rings (SSSR count). The zero-order chi connectivity index (χ0) is 13.7. The van der Waals surface area contributed by atoms with E-state index in [4.69, 9.17) is 18.0 Å². The van der Waals surface area contributed by atoms with Gasteiger partial charge < -0.3 is 10.6 Å². The lowest BCUT2D eigenvalue weighted by Gasteiger charge is -2.36. The average molecular weight is 270 g/mol. The molecule has 1 unspecified atom stereocenters. The highest BCUT2D eigenvalue weighted by Gasteiger charge is 2.30. The number of amides is 1. The maximum absolute atomic E-state index is 12.3. The monoisotopic (exact) mass is 270 g/mol. The standard InChI is InChI=1S/C14H26N2OS/c1-4-10-6-8-11(9-7-10)16(3)14(17)12(5-2)13(15)18/h10-12H,4-9H2,1-3H3,(H2,15,18). The minimum Gasteiger partial charge on any atom is -0.393 e. The van der Waals surface area contributed by atoms with Crippen molar-refractivity contribution in [3.05, 3.63) is 0 Å². The van der Waals surface area contributed by atoms with E-state index in [0.717, 1.165) is 18.8 Å². The van der Waals surface area contributed by atoms with Gasteiger partial charge in [-0.3, -0.25) is 4.79 Å². The number of hydrogen-bond donors (Lipinski definition) is 1. The summed E-state index contributed by atoms with van der Waals surface area (Å²) < 4.78 is 0. The van der Waals surface area contributed by atoms with Gasteiger partial charge in [-0.2, -0.15) is 0 Å². The molecule has 104 valence electrons. The Morgan fingerprint density at radius 2 is 1.89 bits per heavy atom. The van der Waals surface area contributed by atoms with Gasteiger partial charge in [-0.15, -0.1) is 0 Å². The molecule has 1 aliphatic carbocycles. The van der Waals surface area contributed by atoms with Crippen LogP contribution >= 0.6 is 12.2 Å². The summed E-state index contributed by atoms with van der Waals surface area (Å²) in [6.45, 7) is 4.21. The summed E-state index contributed by atoms with van der Waals surface area (Å²) in [5, 5.41) is 0. The summed E-state index contributed by atoms with van der Waals surface area (Å²) in [5.74, 6) is 0.668. The molecule has 0 bridgehead atoms. The molecule has 0 spiro atoms. The molecule has 1 aliphatic rings. The Hall–Kier alpha value is -0.640. The number of rotatable bonds is 5. The molecule has 18 heavy (non-hydrogen) atoms. The quantitative estimate of drug-likeness (QED) is 0.781. The van der Waals surface area contributed by atoms with E-state index < -0.39 is 0 Å². The molecule has 0 heterocycles. The molecular formula is C14H26N2OS. The Balaban J connectivity index is 2.56. The molecule has 0 radical (unpaired) electrons. The fraction of sp³-hybridized carbons (Fsp3) is 0.857. The topological polar surface area (TPSA) is 46.3 Å². The molecule has 2 N–H and O–H groups in total. The third-order valence-corrected chi connectivity index (χ3v) is 4.62. The highest BCUT2D eigenvalue weighted by atomic mass is 32.1. The van der Waals surface area contributed by atoms with Gasteiger partial charge in [0.15, 0.2) is 0 Å². The summed E-state index contributed by atoms with van der Waals surface area (Å²) in [6.07, 6.45) is 6.67. The second kappa shape index (κ2) is 7.07. The molecule has 3 nitrogen and oxygen atoms in total. The van der Waals surface area contributed by atoms with E-state index in [-0.39, 0.29) is 11.8 Å². The van der Waals surface area contributed by atoms with Gasteiger partial charge in [-0.1, -0.05) is 32.5 Å². The Bertz CT molecular complexity index is 298. The van der Waals surface area contributed by atoms with Crippen LogP contribution in [0.25, 0.3) is 0 Å². The van der Waals surface area contributed by atoms with E-state index in [1.54, 1.807) is 0 Å². The Morgan fingerprint density at radius 1 is 1.33 bits per heavy atom. The van der Waals surface area contributed by atoms with Crippen LogP contribution in [0.1, 0.15) is 52.4 Å². The lowest BCUT2D eigenvalue weighted by Crippen LogP contribution is -2.45. The molecule has 4 heteroatoms. The summed E-state index contributed by atoms with van der Waals surface area (Å²) in [4.78, 5) is 14.5. The van der Waals surface area contributed by atoms with Crippen molar-refractivity contribution in [1.82, 2.24) is 4.90 Å². The Labute approximate surface area is 116 Å². The normalized spacial score (nSPS) is 25.5. The van der Waals surface area contributed by atoms with Crippen LogP contribution in [0, 0.1) is 11.8 Å². The third kappa shape index (κ3) is 3.67. The molecule has 0 aromatic carbocycles. The average Bonchev–Trinajstić information content (AvgIpc) is 2.38. The summed E-state index contributed by atoms with van der Waals surface area (Å²) in [6, 6.07) is 0.378. The van der Waals surface area contributed by atoms with E-state index in [2.05, 4.69) is 6.92 Å². The van der Waals surface area contributed by atoms with E-state index in [0.29, 0.717) is 17.5 Å². The largest absolute Gasteiger partial charge is 0.393 e. The van der Waals surface area contributed by atoms with Crippen LogP contribution < -0.4 is 5.73 Å². The molecule has 0 aromatic heterocycles. The van der Waals surface area contributed by atoms with Gasteiger partial charge in [0.1, 0.15) is 0 Å². The van der Waals surface area contributed by atoms with Crippen molar-refractivity contribution in [2.45, 2.75) is 58.4 Å². The lowest BCUT2D eigenvalue weighted by molar-refractivity contribution is -0.135. The Morgan fingerprint density at radius 3 is 2.28 bits per heavy atom.